The molecule has 0 unspecified atom stereocenters. The van der Waals surface area contributed by atoms with Gasteiger partial charge in [-0.1, -0.05) is 30.3 Å². The monoisotopic (exact) mass is 246 g/mol. The Kier molecular flexibility index (Phi) is 3.77. The van der Waals surface area contributed by atoms with E-state index in [1.807, 2.05) is 30.3 Å². The van der Waals surface area contributed by atoms with Crippen molar-refractivity contribution < 1.29 is 9.59 Å². The molecule has 1 aliphatic heterocycles. The van der Waals surface area contributed by atoms with Gasteiger partial charge in [-0.3, -0.25) is 9.59 Å². The summed E-state index contributed by atoms with van der Waals surface area (Å²) >= 11 is 0. The molecular formula is C14H18N2O2. The molecule has 0 radical (unpaired) electrons. The quantitative estimate of drug-likeness (QED) is 0.857. The fourth-order valence-corrected chi connectivity index (χ4v) is 2.59. The number of rotatable bonds is 3. The van der Waals surface area contributed by atoms with Crippen molar-refractivity contribution in [3.63, 3.8) is 0 Å². The van der Waals surface area contributed by atoms with Crippen LogP contribution in [0.25, 0.3) is 0 Å². The van der Waals surface area contributed by atoms with E-state index < -0.39 is 0 Å². The average Bonchev–Trinajstić information content (AvgIpc) is 2.84. The molecule has 1 aromatic carbocycles. The topological polar surface area (TPSA) is 63.4 Å². The molecule has 1 amide bonds. The van der Waals surface area contributed by atoms with Gasteiger partial charge in [0.1, 0.15) is 5.78 Å². The predicted octanol–water partition coefficient (Wildman–Crippen LogP) is 0.776. The Morgan fingerprint density at radius 3 is 2.50 bits per heavy atom. The number of nitrogens with two attached hydrogens (primary N) is 1. The van der Waals surface area contributed by atoms with Gasteiger partial charge >= 0.3 is 0 Å². The molecule has 1 saturated heterocycles. The second-order valence-electron chi connectivity index (χ2n) is 4.74. The van der Waals surface area contributed by atoms with E-state index in [0.29, 0.717) is 13.1 Å². The van der Waals surface area contributed by atoms with Crippen LogP contribution in [-0.4, -0.2) is 36.2 Å². The molecule has 0 spiro atoms. The third kappa shape index (κ3) is 2.43. The van der Waals surface area contributed by atoms with Crippen molar-refractivity contribution in [1.29, 1.82) is 0 Å². The molecule has 4 heteroatoms. The Balaban J connectivity index is 2.23. The van der Waals surface area contributed by atoms with Gasteiger partial charge in [0.25, 0.3) is 0 Å². The van der Waals surface area contributed by atoms with E-state index in [0.717, 1.165) is 5.56 Å². The fourth-order valence-electron chi connectivity index (χ4n) is 2.59. The number of Topliss-reactive ketones (excluding diaryl/α,β-unsaturated/α-hetero) is 1. The molecule has 2 rings (SSSR count). The van der Waals surface area contributed by atoms with Crippen molar-refractivity contribution in [3.8, 4) is 0 Å². The zero-order valence-electron chi connectivity index (χ0n) is 10.5. The number of carbonyl (C=O) groups is 2. The summed E-state index contributed by atoms with van der Waals surface area (Å²) in [6.45, 7) is 2.68. The Hall–Kier alpha value is -1.68. The summed E-state index contributed by atoms with van der Waals surface area (Å²) in [5, 5.41) is 0. The molecule has 1 fully saturated rings. The van der Waals surface area contributed by atoms with Gasteiger partial charge < -0.3 is 10.6 Å². The molecule has 0 aliphatic carbocycles. The smallest absolute Gasteiger partial charge is 0.236 e. The van der Waals surface area contributed by atoms with Crippen molar-refractivity contribution >= 4 is 11.7 Å². The van der Waals surface area contributed by atoms with E-state index in [4.69, 9.17) is 5.73 Å². The van der Waals surface area contributed by atoms with Crippen molar-refractivity contribution in [2.75, 3.05) is 19.6 Å². The molecular weight excluding hydrogens is 228 g/mol. The molecule has 0 aromatic heterocycles. The van der Waals surface area contributed by atoms with Gasteiger partial charge in [0.2, 0.25) is 5.91 Å². The lowest BCUT2D eigenvalue weighted by atomic mass is 9.87. The van der Waals surface area contributed by atoms with Crippen LogP contribution in [0.2, 0.25) is 0 Å². The van der Waals surface area contributed by atoms with Gasteiger partial charge in [0, 0.05) is 24.9 Å². The highest BCUT2D eigenvalue weighted by Crippen LogP contribution is 2.33. The van der Waals surface area contributed by atoms with Crippen molar-refractivity contribution in [2.45, 2.75) is 12.8 Å². The summed E-state index contributed by atoms with van der Waals surface area (Å²) < 4.78 is 0. The minimum Gasteiger partial charge on any atom is -0.340 e. The lowest BCUT2D eigenvalue weighted by molar-refractivity contribution is -0.129. The highest BCUT2D eigenvalue weighted by molar-refractivity contribution is 5.83. The van der Waals surface area contributed by atoms with E-state index in [2.05, 4.69) is 0 Å². The van der Waals surface area contributed by atoms with Crippen LogP contribution in [-0.2, 0) is 9.59 Å². The summed E-state index contributed by atoms with van der Waals surface area (Å²) in [5.74, 6) is 0.0398. The molecule has 4 nitrogen and oxygen atoms in total. The standard InChI is InChI=1S/C14H18N2O2/c1-10(17)12-8-16(14(18)7-15)9-13(12)11-5-3-2-4-6-11/h2-6,12-13H,7-9,15H2,1H3/t12-,13-/m0/s1. The van der Waals surface area contributed by atoms with Gasteiger partial charge in [-0.2, -0.15) is 0 Å². The number of amides is 1. The SMILES string of the molecule is CC(=O)[C@@H]1CN(C(=O)CN)C[C@H]1c1ccccc1. The van der Waals surface area contributed by atoms with Crippen LogP contribution in [0, 0.1) is 5.92 Å². The molecule has 2 N–H and O–H groups in total. The summed E-state index contributed by atoms with van der Waals surface area (Å²) in [4.78, 5) is 25.1. The van der Waals surface area contributed by atoms with Crippen molar-refractivity contribution in [2.24, 2.45) is 11.7 Å². The summed E-state index contributed by atoms with van der Waals surface area (Å²) in [5.41, 5.74) is 6.50. The maximum Gasteiger partial charge on any atom is 0.236 e. The summed E-state index contributed by atoms with van der Waals surface area (Å²) in [7, 11) is 0. The Bertz CT molecular complexity index is 444. The number of likely N-dealkylation sites (tertiary alicyclic amines) is 1. The van der Waals surface area contributed by atoms with Gasteiger partial charge in [-0.25, -0.2) is 0 Å². The maximum absolute atomic E-state index is 11.7. The number of nitrogens with zero attached hydrogens (tertiary/aromatic N) is 1. The summed E-state index contributed by atoms with van der Waals surface area (Å²) in [6, 6.07) is 9.89. The average molecular weight is 246 g/mol. The first-order chi connectivity index (χ1) is 8.63. The van der Waals surface area contributed by atoms with Crippen LogP contribution < -0.4 is 5.73 Å². The molecule has 2 atom stereocenters. The molecule has 18 heavy (non-hydrogen) atoms. The van der Waals surface area contributed by atoms with Crippen molar-refractivity contribution in [3.05, 3.63) is 35.9 Å². The highest BCUT2D eigenvalue weighted by Gasteiger charge is 2.38. The highest BCUT2D eigenvalue weighted by atomic mass is 16.2. The van der Waals surface area contributed by atoms with Gasteiger partial charge in [0.05, 0.1) is 6.54 Å². The second-order valence-corrected chi connectivity index (χ2v) is 4.74. The first-order valence-electron chi connectivity index (χ1n) is 6.16. The van der Waals surface area contributed by atoms with Crippen LogP contribution in [0.1, 0.15) is 18.4 Å². The van der Waals surface area contributed by atoms with Crippen LogP contribution in [0.3, 0.4) is 0 Å². The lowest BCUT2D eigenvalue weighted by Crippen LogP contribution is -2.34. The third-order valence-electron chi connectivity index (χ3n) is 3.60. The maximum atomic E-state index is 11.7. The Morgan fingerprint density at radius 2 is 1.94 bits per heavy atom. The number of benzene rings is 1. The summed E-state index contributed by atoms with van der Waals surface area (Å²) in [6.07, 6.45) is 0. The zero-order valence-corrected chi connectivity index (χ0v) is 10.5. The minimum atomic E-state index is -0.108. The largest absolute Gasteiger partial charge is 0.340 e. The minimum absolute atomic E-state index is 0.00609. The lowest BCUT2D eigenvalue weighted by Gasteiger charge is -2.15. The molecule has 0 bridgehead atoms. The number of carbonyl (C=O) groups excluding carboxylic acids is 2. The first-order valence-corrected chi connectivity index (χ1v) is 6.16. The fraction of sp³-hybridized carbons (Fsp3) is 0.429. The number of hydrogen-bond donors (Lipinski definition) is 1. The van der Waals surface area contributed by atoms with E-state index in [1.165, 1.54) is 0 Å². The van der Waals surface area contributed by atoms with E-state index in [1.54, 1.807) is 11.8 Å². The number of hydrogen-bond acceptors (Lipinski definition) is 3. The zero-order chi connectivity index (χ0) is 13.1. The van der Waals surface area contributed by atoms with E-state index >= 15 is 0 Å². The first kappa shape index (κ1) is 12.8. The Morgan fingerprint density at radius 1 is 1.28 bits per heavy atom. The van der Waals surface area contributed by atoms with Crippen molar-refractivity contribution in [1.82, 2.24) is 4.90 Å². The van der Waals surface area contributed by atoms with Gasteiger partial charge in [0.15, 0.2) is 0 Å². The third-order valence-corrected chi connectivity index (χ3v) is 3.60. The van der Waals surface area contributed by atoms with Gasteiger partial charge in [-0.15, -0.1) is 0 Å². The second kappa shape index (κ2) is 5.31. The molecule has 0 saturated carbocycles. The number of ketones is 1. The van der Waals surface area contributed by atoms with Crippen LogP contribution in [0.15, 0.2) is 30.3 Å². The van der Waals surface area contributed by atoms with E-state index in [9.17, 15) is 9.59 Å². The predicted molar refractivity (Wildman–Crippen MR) is 69.0 cm³/mol. The molecule has 1 heterocycles. The van der Waals surface area contributed by atoms with Crippen LogP contribution in [0.4, 0.5) is 0 Å². The van der Waals surface area contributed by atoms with Crippen LogP contribution in [0.5, 0.6) is 0 Å². The van der Waals surface area contributed by atoms with Gasteiger partial charge in [-0.05, 0) is 12.5 Å². The molecule has 96 valence electrons. The molecule has 1 aliphatic rings. The molecule has 1 aromatic rings. The Labute approximate surface area is 107 Å². The normalized spacial score (nSPS) is 23.1. The van der Waals surface area contributed by atoms with Crippen LogP contribution >= 0.6 is 0 Å². The van der Waals surface area contributed by atoms with E-state index in [-0.39, 0.29) is 30.1 Å².